The van der Waals surface area contributed by atoms with E-state index in [9.17, 15) is 9.90 Å². The lowest BCUT2D eigenvalue weighted by atomic mass is 9.97. The smallest absolute Gasteiger partial charge is 0.410 e. The monoisotopic (exact) mass is 257 g/mol. The molecule has 1 unspecified atom stereocenters. The van der Waals surface area contributed by atoms with Crippen molar-refractivity contribution in [2.24, 2.45) is 5.92 Å². The highest BCUT2D eigenvalue weighted by Crippen LogP contribution is 2.24. The van der Waals surface area contributed by atoms with E-state index < -0.39 is 5.60 Å². The van der Waals surface area contributed by atoms with Gasteiger partial charge in [-0.3, -0.25) is 0 Å². The molecule has 0 saturated carbocycles. The Bertz CT molecular complexity index is 273. The quantitative estimate of drug-likeness (QED) is 0.842. The van der Waals surface area contributed by atoms with Crippen LogP contribution in [0.15, 0.2) is 0 Å². The Hall–Kier alpha value is -0.770. The molecular weight excluding hydrogens is 230 g/mol. The van der Waals surface area contributed by atoms with Gasteiger partial charge in [0.15, 0.2) is 0 Å². The zero-order valence-electron chi connectivity index (χ0n) is 12.1. The van der Waals surface area contributed by atoms with Gasteiger partial charge in [-0.05, 0) is 33.6 Å². The lowest BCUT2D eigenvalue weighted by Gasteiger charge is -2.25. The zero-order chi connectivity index (χ0) is 13.8. The Labute approximate surface area is 110 Å². The van der Waals surface area contributed by atoms with Gasteiger partial charge < -0.3 is 14.7 Å². The first kappa shape index (κ1) is 15.3. The largest absolute Gasteiger partial charge is 0.444 e. The first-order valence-corrected chi connectivity index (χ1v) is 6.99. The van der Waals surface area contributed by atoms with Gasteiger partial charge in [-0.15, -0.1) is 0 Å². The molecule has 1 N–H and O–H groups in total. The molecule has 1 fully saturated rings. The summed E-state index contributed by atoms with van der Waals surface area (Å²) in [6, 6.07) is 0. The lowest BCUT2D eigenvalue weighted by molar-refractivity contribution is 0.0266. The molecule has 4 heteroatoms. The highest BCUT2D eigenvalue weighted by atomic mass is 16.6. The van der Waals surface area contributed by atoms with Crippen LogP contribution in [0.25, 0.3) is 0 Å². The average molecular weight is 257 g/mol. The van der Waals surface area contributed by atoms with Crippen LogP contribution in [0, 0.1) is 5.92 Å². The number of hydrogen-bond donors (Lipinski definition) is 1. The second-order valence-electron chi connectivity index (χ2n) is 6.18. The van der Waals surface area contributed by atoms with Crippen molar-refractivity contribution in [1.29, 1.82) is 0 Å². The van der Waals surface area contributed by atoms with Gasteiger partial charge in [-0.1, -0.05) is 19.8 Å². The van der Waals surface area contributed by atoms with Crippen LogP contribution in [0.2, 0.25) is 0 Å². The maximum atomic E-state index is 11.9. The fraction of sp³-hybridized carbons (Fsp3) is 0.929. The van der Waals surface area contributed by atoms with Crippen molar-refractivity contribution in [3.05, 3.63) is 0 Å². The number of likely N-dealkylation sites (tertiary alicyclic amines) is 1. The molecule has 0 bridgehead atoms. The number of carbonyl (C=O) groups excluding carboxylic acids is 1. The van der Waals surface area contributed by atoms with Crippen molar-refractivity contribution in [2.75, 3.05) is 13.1 Å². The molecule has 4 nitrogen and oxygen atoms in total. The second kappa shape index (κ2) is 6.41. The molecule has 18 heavy (non-hydrogen) atoms. The number of aliphatic hydroxyl groups excluding tert-OH is 1. The summed E-state index contributed by atoms with van der Waals surface area (Å²) in [5.41, 5.74) is -0.448. The van der Waals surface area contributed by atoms with Crippen LogP contribution in [0.3, 0.4) is 0 Å². The maximum Gasteiger partial charge on any atom is 0.410 e. The Morgan fingerprint density at radius 2 is 2.17 bits per heavy atom. The maximum absolute atomic E-state index is 11.9. The van der Waals surface area contributed by atoms with Gasteiger partial charge in [0.05, 0.1) is 6.10 Å². The Morgan fingerprint density at radius 1 is 1.50 bits per heavy atom. The highest BCUT2D eigenvalue weighted by molar-refractivity contribution is 5.68. The third kappa shape index (κ3) is 4.84. The van der Waals surface area contributed by atoms with E-state index in [1.165, 1.54) is 0 Å². The van der Waals surface area contributed by atoms with Gasteiger partial charge >= 0.3 is 6.09 Å². The Balaban J connectivity index is 2.38. The molecule has 1 aliphatic heterocycles. The van der Waals surface area contributed by atoms with E-state index in [0.29, 0.717) is 13.1 Å². The Morgan fingerprint density at radius 3 is 2.72 bits per heavy atom. The van der Waals surface area contributed by atoms with Crippen molar-refractivity contribution in [2.45, 2.75) is 65.1 Å². The molecule has 2 atom stereocenters. The molecule has 0 aromatic rings. The number of unbranched alkanes of at least 4 members (excludes halogenated alkanes) is 1. The van der Waals surface area contributed by atoms with E-state index in [0.717, 1.165) is 25.7 Å². The van der Waals surface area contributed by atoms with E-state index >= 15 is 0 Å². The lowest BCUT2D eigenvalue weighted by Crippen LogP contribution is -2.36. The van der Waals surface area contributed by atoms with Gasteiger partial charge in [-0.2, -0.15) is 0 Å². The number of carbonyl (C=O) groups is 1. The van der Waals surface area contributed by atoms with Crippen LogP contribution < -0.4 is 0 Å². The molecule has 1 heterocycles. The minimum Gasteiger partial charge on any atom is -0.444 e. The van der Waals surface area contributed by atoms with Gasteiger partial charge in [0.1, 0.15) is 5.60 Å². The zero-order valence-corrected chi connectivity index (χ0v) is 12.1. The minimum absolute atomic E-state index is 0.212. The summed E-state index contributed by atoms with van der Waals surface area (Å²) in [7, 11) is 0. The van der Waals surface area contributed by atoms with E-state index in [-0.39, 0.29) is 18.1 Å². The molecule has 0 radical (unpaired) electrons. The second-order valence-corrected chi connectivity index (χ2v) is 6.18. The topological polar surface area (TPSA) is 49.8 Å². The summed E-state index contributed by atoms with van der Waals surface area (Å²) >= 11 is 0. The van der Waals surface area contributed by atoms with Crippen molar-refractivity contribution in [3.8, 4) is 0 Å². The predicted octanol–water partition coefficient (Wildman–Crippen LogP) is 2.79. The molecule has 0 aromatic carbocycles. The first-order valence-electron chi connectivity index (χ1n) is 6.99. The van der Waals surface area contributed by atoms with Crippen LogP contribution in [-0.2, 0) is 4.74 Å². The van der Waals surface area contributed by atoms with Gasteiger partial charge in [0, 0.05) is 19.0 Å². The van der Waals surface area contributed by atoms with Crippen molar-refractivity contribution < 1.29 is 14.6 Å². The van der Waals surface area contributed by atoms with Gasteiger partial charge in [0.2, 0.25) is 0 Å². The molecule has 0 aliphatic carbocycles. The van der Waals surface area contributed by atoms with Crippen LogP contribution >= 0.6 is 0 Å². The minimum atomic E-state index is -0.448. The summed E-state index contributed by atoms with van der Waals surface area (Å²) in [5, 5.41) is 10.0. The summed E-state index contributed by atoms with van der Waals surface area (Å²) in [4.78, 5) is 13.6. The molecule has 0 spiro atoms. The molecule has 1 rings (SSSR count). The standard InChI is InChI=1S/C14H27NO3/c1-5-6-7-12(16)11-8-9-15(10-11)13(17)18-14(2,3)4/h11-12,16H,5-10H2,1-4H3/t11?,12-/m0/s1. The van der Waals surface area contributed by atoms with Crippen LogP contribution in [0.5, 0.6) is 0 Å². The first-order chi connectivity index (χ1) is 8.33. The summed E-state index contributed by atoms with van der Waals surface area (Å²) in [5.74, 6) is 0.212. The van der Waals surface area contributed by atoms with Crippen molar-refractivity contribution in [3.63, 3.8) is 0 Å². The van der Waals surface area contributed by atoms with Gasteiger partial charge in [0.25, 0.3) is 0 Å². The highest BCUT2D eigenvalue weighted by Gasteiger charge is 2.32. The fourth-order valence-electron chi connectivity index (χ4n) is 2.24. The molecule has 1 amide bonds. The number of hydrogen-bond acceptors (Lipinski definition) is 3. The summed E-state index contributed by atoms with van der Waals surface area (Å²) in [6.45, 7) is 9.05. The average Bonchev–Trinajstić information content (AvgIpc) is 2.72. The predicted molar refractivity (Wildman–Crippen MR) is 71.4 cm³/mol. The van der Waals surface area contributed by atoms with E-state index in [4.69, 9.17) is 4.74 Å². The third-order valence-electron chi connectivity index (χ3n) is 3.27. The SMILES string of the molecule is CCCC[C@H](O)C1CCN(C(=O)OC(C)(C)C)C1. The molecular formula is C14H27NO3. The van der Waals surface area contributed by atoms with Crippen molar-refractivity contribution >= 4 is 6.09 Å². The number of amides is 1. The summed E-state index contributed by atoms with van der Waals surface area (Å²) < 4.78 is 5.34. The number of rotatable bonds is 4. The fourth-order valence-corrected chi connectivity index (χ4v) is 2.24. The van der Waals surface area contributed by atoms with Crippen LogP contribution in [0.1, 0.15) is 53.4 Å². The number of aliphatic hydroxyl groups is 1. The van der Waals surface area contributed by atoms with E-state index in [1.807, 2.05) is 20.8 Å². The van der Waals surface area contributed by atoms with E-state index in [1.54, 1.807) is 4.90 Å². The number of nitrogens with zero attached hydrogens (tertiary/aromatic N) is 1. The third-order valence-corrected chi connectivity index (χ3v) is 3.27. The van der Waals surface area contributed by atoms with Crippen LogP contribution in [0.4, 0.5) is 4.79 Å². The van der Waals surface area contributed by atoms with Crippen molar-refractivity contribution in [1.82, 2.24) is 4.90 Å². The number of ether oxygens (including phenoxy) is 1. The Kier molecular flexibility index (Phi) is 5.45. The van der Waals surface area contributed by atoms with Gasteiger partial charge in [-0.25, -0.2) is 4.79 Å². The normalized spacial score (nSPS) is 22.1. The van der Waals surface area contributed by atoms with Crippen LogP contribution in [-0.4, -0.2) is 40.9 Å². The van der Waals surface area contributed by atoms with E-state index in [2.05, 4.69) is 6.92 Å². The molecule has 0 aromatic heterocycles. The molecule has 1 aliphatic rings. The molecule has 106 valence electrons. The summed E-state index contributed by atoms with van der Waals surface area (Å²) in [6.07, 6.45) is 3.32. The molecule has 1 saturated heterocycles.